The fourth-order valence-corrected chi connectivity index (χ4v) is 4.05. The molecule has 2 saturated heterocycles. The molecule has 0 aliphatic carbocycles. The lowest BCUT2D eigenvalue weighted by molar-refractivity contribution is -0.383. The molecule has 8 heteroatoms. The van der Waals surface area contributed by atoms with Gasteiger partial charge in [-0.3, -0.25) is 15.0 Å². The van der Waals surface area contributed by atoms with E-state index in [1.54, 1.807) is 0 Å². The average molecular weight is 382 g/mol. The zero-order valence-corrected chi connectivity index (χ0v) is 16.0. The SMILES string of the molecule is O=[N+]([O-])c1c(N2CCCCC2)ncnc1N1CCN(Cc2ccccc2)CC1. The van der Waals surface area contributed by atoms with Crippen molar-refractivity contribution >= 4 is 17.3 Å². The van der Waals surface area contributed by atoms with E-state index in [1.165, 1.54) is 18.3 Å². The molecule has 0 bridgehead atoms. The Morgan fingerprint density at radius 2 is 1.46 bits per heavy atom. The van der Waals surface area contributed by atoms with Crippen LogP contribution in [-0.2, 0) is 6.54 Å². The van der Waals surface area contributed by atoms with Gasteiger partial charge in [0.1, 0.15) is 6.33 Å². The van der Waals surface area contributed by atoms with Crippen LogP contribution in [0.25, 0.3) is 0 Å². The zero-order chi connectivity index (χ0) is 19.3. The average Bonchev–Trinajstić information content (AvgIpc) is 2.75. The third kappa shape index (κ3) is 4.06. The molecule has 3 heterocycles. The quantitative estimate of drug-likeness (QED) is 0.581. The highest BCUT2D eigenvalue weighted by molar-refractivity contribution is 5.71. The lowest BCUT2D eigenvalue weighted by Crippen LogP contribution is -2.46. The van der Waals surface area contributed by atoms with Gasteiger partial charge in [0.25, 0.3) is 0 Å². The number of anilines is 2. The van der Waals surface area contributed by atoms with Gasteiger partial charge in [-0.2, -0.15) is 0 Å². The Balaban J connectivity index is 1.49. The summed E-state index contributed by atoms with van der Waals surface area (Å²) in [5.41, 5.74) is 1.34. The number of benzene rings is 1. The lowest BCUT2D eigenvalue weighted by atomic mass is 10.1. The molecule has 8 nitrogen and oxygen atoms in total. The zero-order valence-electron chi connectivity index (χ0n) is 16.0. The molecular weight excluding hydrogens is 356 g/mol. The standard InChI is InChI=1S/C20H26N6O2/c27-26(28)18-19(24-9-5-2-6-10-24)21-16-22-20(18)25-13-11-23(12-14-25)15-17-7-3-1-4-8-17/h1,3-4,7-8,16H,2,5-6,9-15H2. The predicted molar refractivity (Wildman–Crippen MR) is 109 cm³/mol. The van der Waals surface area contributed by atoms with Crippen molar-refractivity contribution in [2.24, 2.45) is 0 Å². The van der Waals surface area contributed by atoms with Gasteiger partial charge in [0.2, 0.25) is 11.6 Å². The summed E-state index contributed by atoms with van der Waals surface area (Å²) < 4.78 is 0. The van der Waals surface area contributed by atoms with E-state index in [4.69, 9.17) is 0 Å². The Morgan fingerprint density at radius 3 is 2.07 bits per heavy atom. The predicted octanol–water partition coefficient (Wildman–Crippen LogP) is 2.70. The van der Waals surface area contributed by atoms with Crippen LogP contribution in [0.4, 0.5) is 17.3 Å². The van der Waals surface area contributed by atoms with Crippen molar-refractivity contribution in [3.63, 3.8) is 0 Å². The molecule has 2 aliphatic heterocycles. The molecule has 28 heavy (non-hydrogen) atoms. The smallest absolute Gasteiger partial charge is 0.351 e. The van der Waals surface area contributed by atoms with Crippen molar-refractivity contribution < 1.29 is 4.92 Å². The molecule has 1 aromatic heterocycles. The molecule has 2 fully saturated rings. The van der Waals surface area contributed by atoms with E-state index in [9.17, 15) is 10.1 Å². The van der Waals surface area contributed by atoms with Crippen LogP contribution in [0.2, 0.25) is 0 Å². The van der Waals surface area contributed by atoms with Gasteiger partial charge in [-0.1, -0.05) is 30.3 Å². The lowest BCUT2D eigenvalue weighted by Gasteiger charge is -2.35. The summed E-state index contributed by atoms with van der Waals surface area (Å²) in [5.74, 6) is 0.932. The number of rotatable bonds is 5. The maximum Gasteiger partial charge on any atom is 0.353 e. The normalized spacial score (nSPS) is 18.3. The first kappa shape index (κ1) is 18.6. The van der Waals surface area contributed by atoms with Crippen LogP contribution in [-0.4, -0.2) is 59.1 Å². The summed E-state index contributed by atoms with van der Waals surface area (Å²) in [6, 6.07) is 10.4. The number of nitrogens with zero attached hydrogens (tertiary/aromatic N) is 6. The highest BCUT2D eigenvalue weighted by Crippen LogP contribution is 2.35. The minimum Gasteiger partial charge on any atom is -0.351 e. The highest BCUT2D eigenvalue weighted by Gasteiger charge is 2.32. The Bertz CT molecular complexity index is 802. The monoisotopic (exact) mass is 382 g/mol. The summed E-state index contributed by atoms with van der Waals surface area (Å²) in [6.45, 7) is 5.71. The van der Waals surface area contributed by atoms with Crippen molar-refractivity contribution in [2.45, 2.75) is 25.8 Å². The maximum atomic E-state index is 11.9. The van der Waals surface area contributed by atoms with Gasteiger partial charge in [-0.25, -0.2) is 9.97 Å². The largest absolute Gasteiger partial charge is 0.353 e. The molecule has 0 unspecified atom stereocenters. The van der Waals surface area contributed by atoms with E-state index < -0.39 is 0 Å². The summed E-state index contributed by atoms with van der Waals surface area (Å²) in [6.07, 6.45) is 4.75. The van der Waals surface area contributed by atoms with Gasteiger partial charge in [-0.05, 0) is 24.8 Å². The number of nitro groups is 1. The topological polar surface area (TPSA) is 78.6 Å². The minimum absolute atomic E-state index is 0.0564. The third-order valence-corrected chi connectivity index (χ3v) is 5.54. The third-order valence-electron chi connectivity index (χ3n) is 5.54. The molecule has 148 valence electrons. The van der Waals surface area contributed by atoms with Crippen molar-refractivity contribution in [2.75, 3.05) is 49.1 Å². The van der Waals surface area contributed by atoms with Gasteiger partial charge in [-0.15, -0.1) is 0 Å². The van der Waals surface area contributed by atoms with E-state index >= 15 is 0 Å². The number of hydrogen-bond donors (Lipinski definition) is 0. The molecule has 0 spiro atoms. The molecule has 4 rings (SSSR count). The van der Waals surface area contributed by atoms with Crippen LogP contribution in [0.1, 0.15) is 24.8 Å². The molecular formula is C20H26N6O2. The van der Waals surface area contributed by atoms with Crippen LogP contribution in [0.15, 0.2) is 36.7 Å². The highest BCUT2D eigenvalue weighted by atomic mass is 16.6. The van der Waals surface area contributed by atoms with Gasteiger partial charge in [0.15, 0.2) is 0 Å². The fourth-order valence-electron chi connectivity index (χ4n) is 4.05. The fraction of sp³-hybridized carbons (Fsp3) is 0.500. The van der Waals surface area contributed by atoms with Gasteiger partial charge < -0.3 is 9.80 Å². The van der Waals surface area contributed by atoms with E-state index in [0.717, 1.165) is 58.7 Å². The Kier molecular flexibility index (Phi) is 5.66. The Labute approximate surface area is 164 Å². The summed E-state index contributed by atoms with van der Waals surface area (Å²) in [4.78, 5) is 26.6. The van der Waals surface area contributed by atoms with Gasteiger partial charge in [0, 0.05) is 45.8 Å². The number of hydrogen-bond acceptors (Lipinski definition) is 7. The van der Waals surface area contributed by atoms with Gasteiger partial charge >= 0.3 is 5.69 Å². The second-order valence-electron chi connectivity index (χ2n) is 7.42. The first-order valence-electron chi connectivity index (χ1n) is 9.98. The summed E-state index contributed by atoms with van der Waals surface area (Å²) in [7, 11) is 0. The van der Waals surface area contributed by atoms with E-state index in [0.29, 0.717) is 11.6 Å². The van der Waals surface area contributed by atoms with Crippen LogP contribution < -0.4 is 9.80 Å². The molecule has 0 amide bonds. The first-order chi connectivity index (χ1) is 13.7. The minimum atomic E-state index is -0.310. The molecule has 0 saturated carbocycles. The van der Waals surface area contributed by atoms with E-state index in [1.807, 2.05) is 15.9 Å². The summed E-state index contributed by atoms with van der Waals surface area (Å²) >= 11 is 0. The van der Waals surface area contributed by atoms with Crippen molar-refractivity contribution in [1.29, 1.82) is 0 Å². The van der Waals surface area contributed by atoms with Crippen LogP contribution in [0, 0.1) is 10.1 Å². The van der Waals surface area contributed by atoms with E-state index in [2.05, 4.69) is 39.1 Å². The number of aromatic nitrogens is 2. The molecule has 2 aliphatic rings. The Hall–Kier alpha value is -2.74. The molecule has 2 aromatic rings. The van der Waals surface area contributed by atoms with Crippen LogP contribution >= 0.6 is 0 Å². The van der Waals surface area contributed by atoms with Crippen LogP contribution in [0.5, 0.6) is 0 Å². The van der Waals surface area contributed by atoms with Crippen LogP contribution in [0.3, 0.4) is 0 Å². The van der Waals surface area contributed by atoms with Crippen molar-refractivity contribution in [3.05, 3.63) is 52.3 Å². The molecule has 0 radical (unpaired) electrons. The molecule has 0 N–H and O–H groups in total. The second-order valence-corrected chi connectivity index (χ2v) is 7.42. The Morgan fingerprint density at radius 1 is 0.857 bits per heavy atom. The first-order valence-corrected chi connectivity index (χ1v) is 9.98. The number of piperazine rings is 1. The number of piperidine rings is 1. The van der Waals surface area contributed by atoms with Crippen molar-refractivity contribution in [3.8, 4) is 0 Å². The van der Waals surface area contributed by atoms with E-state index in [-0.39, 0.29) is 10.6 Å². The maximum absolute atomic E-state index is 11.9. The summed E-state index contributed by atoms with van der Waals surface area (Å²) in [5, 5.41) is 11.9. The van der Waals surface area contributed by atoms with Gasteiger partial charge in [0.05, 0.1) is 4.92 Å². The van der Waals surface area contributed by atoms with Crippen molar-refractivity contribution in [1.82, 2.24) is 14.9 Å². The molecule has 1 aromatic carbocycles. The molecule has 0 atom stereocenters. The second kappa shape index (κ2) is 8.52.